The number of carboxylic acids is 1. The minimum absolute atomic E-state index is 0.121. The van der Waals surface area contributed by atoms with Crippen LogP contribution in [0.25, 0.3) is 0 Å². The molecule has 2 aromatic rings. The van der Waals surface area contributed by atoms with Crippen LogP contribution in [0.2, 0.25) is 5.15 Å². The molecule has 1 heterocycles. The quantitative estimate of drug-likeness (QED) is 0.377. The molecule has 14 heteroatoms. The molecule has 0 radical (unpaired) electrons. The lowest BCUT2D eigenvalue weighted by atomic mass is 9.92. The van der Waals surface area contributed by atoms with Gasteiger partial charge in [-0.05, 0) is 56.9 Å². The Kier molecular flexibility index (Phi) is 9.48. The number of carbonyl (C=O) groups excluding carboxylic acids is 1. The van der Waals surface area contributed by atoms with Crippen LogP contribution >= 0.6 is 11.6 Å². The lowest BCUT2D eigenvalue weighted by molar-refractivity contribution is -0.192. The molecule has 1 amide bonds. The van der Waals surface area contributed by atoms with Crippen LogP contribution < -0.4 is 27.7 Å². The fourth-order valence-corrected chi connectivity index (χ4v) is 3.46. The zero-order chi connectivity index (χ0) is 26.3. The number of alkyl halides is 3. The van der Waals surface area contributed by atoms with Crippen LogP contribution in [0.4, 0.5) is 30.4 Å². The first-order valence-corrected chi connectivity index (χ1v) is 10.9. The molecule has 1 aromatic heterocycles. The van der Waals surface area contributed by atoms with Gasteiger partial charge in [0.2, 0.25) is 5.91 Å². The number of carbonyl (C=O) groups is 2. The van der Waals surface area contributed by atoms with Crippen LogP contribution in [0, 0.1) is 6.92 Å². The molecule has 1 aromatic carbocycles. The van der Waals surface area contributed by atoms with Crippen LogP contribution in [-0.2, 0) is 16.1 Å². The third-order valence-electron chi connectivity index (χ3n) is 5.21. The van der Waals surface area contributed by atoms with Crippen LogP contribution in [0.3, 0.4) is 0 Å². The second-order valence-corrected chi connectivity index (χ2v) is 8.32. The van der Waals surface area contributed by atoms with E-state index >= 15 is 0 Å². The SMILES string of the molecule is Cc1c(Cl)nc(NC2CCC(N)CC2)c(=O)n1CC(=O)Nc1ccc(N)cc1.O=C(O)C(F)(F)F. The van der Waals surface area contributed by atoms with Crippen molar-refractivity contribution in [2.75, 3.05) is 16.4 Å². The van der Waals surface area contributed by atoms with E-state index in [1.54, 1.807) is 31.2 Å². The summed E-state index contributed by atoms with van der Waals surface area (Å²) in [5.41, 5.74) is 12.8. The van der Waals surface area contributed by atoms with Gasteiger partial charge in [-0.25, -0.2) is 9.78 Å². The molecular formula is C21H26ClF3N6O4. The number of hydrogen-bond donors (Lipinski definition) is 5. The molecule has 0 atom stereocenters. The highest BCUT2D eigenvalue weighted by Gasteiger charge is 2.38. The maximum atomic E-state index is 12.9. The third-order valence-corrected chi connectivity index (χ3v) is 5.57. The molecule has 0 spiro atoms. The first kappa shape index (κ1) is 27.9. The average Bonchev–Trinajstić information content (AvgIpc) is 2.78. The maximum absolute atomic E-state index is 12.9. The Balaban J connectivity index is 0.000000540. The van der Waals surface area contributed by atoms with Gasteiger partial charge in [-0.2, -0.15) is 13.2 Å². The Bertz CT molecular complexity index is 1100. The zero-order valence-corrected chi connectivity index (χ0v) is 19.5. The van der Waals surface area contributed by atoms with Crippen molar-refractivity contribution in [3.8, 4) is 0 Å². The van der Waals surface area contributed by atoms with E-state index in [9.17, 15) is 22.8 Å². The van der Waals surface area contributed by atoms with E-state index in [0.29, 0.717) is 17.1 Å². The molecule has 1 aliphatic rings. The first-order valence-electron chi connectivity index (χ1n) is 10.5. The van der Waals surface area contributed by atoms with Crippen LogP contribution in [0.1, 0.15) is 31.4 Å². The molecule has 1 aliphatic carbocycles. The lowest BCUT2D eigenvalue weighted by Crippen LogP contribution is -2.37. The van der Waals surface area contributed by atoms with E-state index in [2.05, 4.69) is 15.6 Å². The predicted octanol–water partition coefficient (Wildman–Crippen LogP) is 2.74. The van der Waals surface area contributed by atoms with Gasteiger partial charge >= 0.3 is 12.1 Å². The molecule has 0 unspecified atom stereocenters. The highest BCUT2D eigenvalue weighted by Crippen LogP contribution is 2.21. The minimum atomic E-state index is -5.08. The van der Waals surface area contributed by atoms with Gasteiger partial charge in [0, 0.05) is 23.5 Å². The standard InChI is InChI=1S/C19H25ClN6O2.C2HF3O2/c1-11-17(20)25-18(24-15-8-4-13(22)5-9-15)19(28)26(11)10-16(27)23-14-6-2-12(21)3-7-14;3-2(4,5)1(6)7/h2-3,6-7,13,15H,4-5,8-10,21-22H2,1H3,(H,23,27)(H,24,25);(H,6,7). The van der Waals surface area contributed by atoms with Gasteiger partial charge in [-0.1, -0.05) is 11.6 Å². The molecule has 10 nitrogen and oxygen atoms in total. The Hall–Kier alpha value is -3.32. The number of halogens is 4. The number of anilines is 3. The van der Waals surface area contributed by atoms with Crippen molar-refractivity contribution in [3.63, 3.8) is 0 Å². The first-order chi connectivity index (χ1) is 16.3. The number of nitrogens with one attached hydrogen (secondary N) is 2. The molecule has 0 bridgehead atoms. The van der Waals surface area contributed by atoms with E-state index < -0.39 is 12.1 Å². The third kappa shape index (κ3) is 8.44. The van der Waals surface area contributed by atoms with Crippen molar-refractivity contribution < 1.29 is 27.9 Å². The number of aromatic nitrogens is 2. The molecule has 7 N–H and O–H groups in total. The summed E-state index contributed by atoms with van der Waals surface area (Å²) in [4.78, 5) is 38.4. The Labute approximate surface area is 203 Å². The second-order valence-electron chi connectivity index (χ2n) is 7.96. The van der Waals surface area contributed by atoms with E-state index in [1.165, 1.54) is 4.57 Å². The number of amides is 1. The van der Waals surface area contributed by atoms with Gasteiger partial charge in [-0.15, -0.1) is 0 Å². The lowest BCUT2D eigenvalue weighted by Gasteiger charge is -2.27. The average molecular weight is 519 g/mol. The van der Waals surface area contributed by atoms with Crippen LogP contribution in [0.5, 0.6) is 0 Å². The molecule has 0 saturated heterocycles. The fraction of sp³-hybridized carbons (Fsp3) is 0.429. The highest BCUT2D eigenvalue weighted by atomic mass is 35.5. The Morgan fingerprint density at radius 1 is 1.20 bits per heavy atom. The smallest absolute Gasteiger partial charge is 0.475 e. The van der Waals surface area contributed by atoms with Crippen LogP contribution in [-0.4, -0.2) is 44.8 Å². The van der Waals surface area contributed by atoms with Crippen molar-refractivity contribution in [2.24, 2.45) is 5.73 Å². The normalized spacial score (nSPS) is 17.7. The number of rotatable bonds is 5. The van der Waals surface area contributed by atoms with Crippen molar-refractivity contribution in [1.29, 1.82) is 0 Å². The molecule has 35 heavy (non-hydrogen) atoms. The minimum Gasteiger partial charge on any atom is -0.475 e. The number of nitrogens with zero attached hydrogens (tertiary/aromatic N) is 2. The molecule has 0 aliphatic heterocycles. The number of carboxylic acid groups (broad SMARTS) is 1. The second kappa shape index (κ2) is 11.9. The van der Waals surface area contributed by atoms with Crippen molar-refractivity contribution in [1.82, 2.24) is 9.55 Å². The van der Waals surface area contributed by atoms with Crippen molar-refractivity contribution in [3.05, 3.63) is 45.5 Å². The number of nitrogens with two attached hydrogens (primary N) is 2. The summed E-state index contributed by atoms with van der Waals surface area (Å²) >= 11 is 6.22. The number of nitrogen functional groups attached to an aromatic ring is 1. The number of benzene rings is 1. The summed E-state index contributed by atoms with van der Waals surface area (Å²) in [5.74, 6) is -2.93. The predicted molar refractivity (Wildman–Crippen MR) is 125 cm³/mol. The van der Waals surface area contributed by atoms with E-state index in [0.717, 1.165) is 25.7 Å². The molecule has 3 rings (SSSR count). The van der Waals surface area contributed by atoms with E-state index in [1.807, 2.05) is 0 Å². The van der Waals surface area contributed by atoms with Gasteiger partial charge in [0.05, 0.1) is 5.69 Å². The molecular weight excluding hydrogens is 493 g/mol. The molecule has 192 valence electrons. The van der Waals surface area contributed by atoms with E-state index in [4.69, 9.17) is 33.0 Å². The monoisotopic (exact) mass is 518 g/mol. The van der Waals surface area contributed by atoms with Crippen molar-refractivity contribution in [2.45, 2.75) is 57.4 Å². The summed E-state index contributed by atoms with van der Waals surface area (Å²) in [5, 5.41) is 13.2. The maximum Gasteiger partial charge on any atom is 0.490 e. The fourth-order valence-electron chi connectivity index (χ4n) is 3.27. The van der Waals surface area contributed by atoms with Gasteiger partial charge in [-0.3, -0.25) is 14.2 Å². The van der Waals surface area contributed by atoms with E-state index in [-0.39, 0.29) is 41.1 Å². The van der Waals surface area contributed by atoms with Gasteiger partial charge in [0.1, 0.15) is 6.54 Å². The summed E-state index contributed by atoms with van der Waals surface area (Å²) in [6.45, 7) is 1.50. The zero-order valence-electron chi connectivity index (χ0n) is 18.7. The molecule has 1 saturated carbocycles. The summed E-state index contributed by atoms with van der Waals surface area (Å²) in [6.07, 6.45) is -1.55. The summed E-state index contributed by atoms with van der Waals surface area (Å²) < 4.78 is 33.1. The largest absolute Gasteiger partial charge is 0.490 e. The van der Waals surface area contributed by atoms with Gasteiger partial charge < -0.3 is 27.2 Å². The van der Waals surface area contributed by atoms with Gasteiger partial charge in [0.25, 0.3) is 5.56 Å². The molecule has 1 fully saturated rings. The number of aliphatic carboxylic acids is 1. The van der Waals surface area contributed by atoms with Crippen LogP contribution in [0.15, 0.2) is 29.1 Å². The topological polar surface area (TPSA) is 165 Å². The summed E-state index contributed by atoms with van der Waals surface area (Å²) in [6, 6.07) is 7.10. The van der Waals surface area contributed by atoms with Crippen molar-refractivity contribution >= 4 is 40.7 Å². The summed E-state index contributed by atoms with van der Waals surface area (Å²) in [7, 11) is 0. The number of hydrogen-bond acceptors (Lipinski definition) is 7. The Morgan fingerprint density at radius 2 is 1.74 bits per heavy atom. The van der Waals surface area contributed by atoms with Gasteiger partial charge in [0.15, 0.2) is 11.0 Å². The highest BCUT2D eigenvalue weighted by molar-refractivity contribution is 6.30. The Morgan fingerprint density at radius 3 is 2.26 bits per heavy atom.